The van der Waals surface area contributed by atoms with Crippen molar-refractivity contribution in [2.75, 3.05) is 13.1 Å². The Hall–Kier alpha value is -1.95. The molecule has 154 valence electrons. The van der Waals surface area contributed by atoms with Crippen LogP contribution in [0, 0.1) is 24.6 Å². The number of nitrogens with one attached hydrogen (secondary N) is 1. The van der Waals surface area contributed by atoms with E-state index in [1.54, 1.807) is 13.0 Å². The summed E-state index contributed by atoms with van der Waals surface area (Å²) in [7, 11) is 0. The van der Waals surface area contributed by atoms with Crippen LogP contribution >= 0.6 is 0 Å². The number of rotatable bonds is 4. The molecule has 0 aromatic heterocycles. The van der Waals surface area contributed by atoms with Gasteiger partial charge in [-0.05, 0) is 56.7 Å². The Kier molecular flexibility index (Phi) is 6.38. The lowest BCUT2D eigenvalue weighted by atomic mass is 9.73. The van der Waals surface area contributed by atoms with Crippen LogP contribution in [0.15, 0.2) is 18.2 Å². The Morgan fingerprint density at radius 1 is 1.25 bits per heavy atom. The van der Waals surface area contributed by atoms with Crippen LogP contribution in [-0.2, 0) is 16.1 Å². The fourth-order valence-electron chi connectivity index (χ4n) is 4.43. The number of nitrogens with zero attached hydrogens (tertiary/aromatic N) is 1. The van der Waals surface area contributed by atoms with Gasteiger partial charge in [-0.15, -0.1) is 0 Å². The Labute approximate surface area is 166 Å². The third-order valence-corrected chi connectivity index (χ3v) is 6.43. The zero-order valence-corrected chi connectivity index (χ0v) is 17.0. The first-order chi connectivity index (χ1) is 13.3. The average Bonchev–Trinajstić information content (AvgIpc) is 2.68. The lowest BCUT2D eigenvalue weighted by Crippen LogP contribution is -2.55. The topological polar surface area (TPSA) is 75.4 Å². The number of likely N-dealkylation sites (tertiary alicyclic amines) is 1. The standard InChI is InChI=1S/C22H32FN3O2/c1-15-6-7-16(13-19(15)23)14-25-20(27)17-8-11-26(12-9-17)21(28)18-5-3-4-10-22(18,2)24/h6-7,13,17-18H,3-5,8-12,14,24H2,1-2H3,(H,25,27). The summed E-state index contributed by atoms with van der Waals surface area (Å²) >= 11 is 0. The molecule has 1 saturated heterocycles. The summed E-state index contributed by atoms with van der Waals surface area (Å²) in [5, 5.41) is 2.91. The van der Waals surface area contributed by atoms with E-state index in [-0.39, 0.29) is 29.5 Å². The number of halogens is 1. The van der Waals surface area contributed by atoms with E-state index in [0.717, 1.165) is 31.2 Å². The Morgan fingerprint density at radius 2 is 1.96 bits per heavy atom. The molecule has 5 nitrogen and oxygen atoms in total. The van der Waals surface area contributed by atoms with E-state index in [1.165, 1.54) is 6.07 Å². The SMILES string of the molecule is Cc1ccc(CNC(=O)C2CCN(C(=O)C3CCCCC3(C)N)CC2)cc1F. The van der Waals surface area contributed by atoms with Crippen LogP contribution in [0.3, 0.4) is 0 Å². The van der Waals surface area contributed by atoms with Gasteiger partial charge in [0.15, 0.2) is 0 Å². The van der Waals surface area contributed by atoms with E-state index in [2.05, 4.69) is 5.32 Å². The van der Waals surface area contributed by atoms with Gasteiger partial charge in [0.05, 0.1) is 5.92 Å². The highest BCUT2D eigenvalue weighted by Crippen LogP contribution is 2.34. The number of aryl methyl sites for hydroxylation is 1. The molecule has 3 N–H and O–H groups in total. The van der Waals surface area contributed by atoms with Crippen LogP contribution in [0.4, 0.5) is 4.39 Å². The van der Waals surface area contributed by atoms with Crippen molar-refractivity contribution in [1.82, 2.24) is 10.2 Å². The molecule has 1 aliphatic heterocycles. The van der Waals surface area contributed by atoms with Gasteiger partial charge >= 0.3 is 0 Å². The predicted octanol–water partition coefficient (Wildman–Crippen LogP) is 2.90. The molecule has 2 unspecified atom stereocenters. The minimum Gasteiger partial charge on any atom is -0.352 e. The smallest absolute Gasteiger partial charge is 0.227 e. The number of carbonyl (C=O) groups excluding carboxylic acids is 2. The molecule has 2 atom stereocenters. The summed E-state index contributed by atoms with van der Waals surface area (Å²) in [6, 6.07) is 5.01. The molecule has 1 heterocycles. The largest absolute Gasteiger partial charge is 0.352 e. The number of amides is 2. The van der Waals surface area contributed by atoms with E-state index < -0.39 is 5.54 Å². The maximum atomic E-state index is 13.6. The molecule has 2 fully saturated rings. The molecule has 0 spiro atoms. The minimum absolute atomic E-state index is 0.0191. The molecule has 1 aliphatic carbocycles. The molecule has 3 rings (SSSR count). The number of nitrogens with two attached hydrogens (primary N) is 1. The van der Waals surface area contributed by atoms with Gasteiger partial charge in [0.2, 0.25) is 11.8 Å². The van der Waals surface area contributed by atoms with Gasteiger partial charge in [-0.1, -0.05) is 25.0 Å². The Balaban J connectivity index is 1.48. The normalized spacial score (nSPS) is 26.1. The first kappa shape index (κ1) is 20.8. The van der Waals surface area contributed by atoms with Crippen molar-refractivity contribution in [3.05, 3.63) is 35.1 Å². The zero-order valence-electron chi connectivity index (χ0n) is 17.0. The third kappa shape index (κ3) is 4.72. The van der Waals surface area contributed by atoms with Gasteiger partial charge in [0.1, 0.15) is 5.82 Å². The van der Waals surface area contributed by atoms with Gasteiger partial charge in [-0.2, -0.15) is 0 Å². The maximum Gasteiger partial charge on any atom is 0.227 e. The van der Waals surface area contributed by atoms with Crippen molar-refractivity contribution in [2.24, 2.45) is 17.6 Å². The molecule has 2 amide bonds. The fraction of sp³-hybridized carbons (Fsp3) is 0.636. The highest BCUT2D eigenvalue weighted by molar-refractivity contribution is 5.82. The van der Waals surface area contributed by atoms with E-state index >= 15 is 0 Å². The van der Waals surface area contributed by atoms with Crippen molar-refractivity contribution >= 4 is 11.8 Å². The Bertz CT molecular complexity index is 726. The van der Waals surface area contributed by atoms with Crippen molar-refractivity contribution in [1.29, 1.82) is 0 Å². The number of carbonyl (C=O) groups is 2. The van der Waals surface area contributed by atoms with Gasteiger partial charge < -0.3 is 16.0 Å². The van der Waals surface area contributed by atoms with E-state index in [4.69, 9.17) is 5.73 Å². The van der Waals surface area contributed by atoms with Gasteiger partial charge in [0.25, 0.3) is 0 Å². The summed E-state index contributed by atoms with van der Waals surface area (Å²) < 4.78 is 13.6. The van der Waals surface area contributed by atoms with Crippen LogP contribution in [0.2, 0.25) is 0 Å². The average molecular weight is 390 g/mol. The molecular weight excluding hydrogens is 357 g/mol. The number of hydrogen-bond acceptors (Lipinski definition) is 3. The van der Waals surface area contributed by atoms with Crippen LogP contribution in [0.1, 0.15) is 56.6 Å². The van der Waals surface area contributed by atoms with Crippen molar-refractivity contribution < 1.29 is 14.0 Å². The molecule has 1 saturated carbocycles. The molecular formula is C22H32FN3O2. The second kappa shape index (κ2) is 8.60. The lowest BCUT2D eigenvalue weighted by molar-refractivity contribution is -0.142. The quantitative estimate of drug-likeness (QED) is 0.831. The summed E-state index contributed by atoms with van der Waals surface area (Å²) in [4.78, 5) is 27.3. The highest BCUT2D eigenvalue weighted by Gasteiger charge is 2.40. The van der Waals surface area contributed by atoms with E-state index in [9.17, 15) is 14.0 Å². The monoisotopic (exact) mass is 389 g/mol. The zero-order chi connectivity index (χ0) is 20.3. The molecule has 2 aliphatic rings. The predicted molar refractivity (Wildman–Crippen MR) is 107 cm³/mol. The van der Waals surface area contributed by atoms with Gasteiger partial charge in [0, 0.05) is 31.1 Å². The minimum atomic E-state index is -0.424. The first-order valence-electron chi connectivity index (χ1n) is 10.4. The van der Waals surface area contributed by atoms with Crippen LogP contribution in [0.5, 0.6) is 0 Å². The second-order valence-corrected chi connectivity index (χ2v) is 8.71. The molecule has 6 heteroatoms. The summed E-state index contributed by atoms with van der Waals surface area (Å²) in [5.74, 6) is -0.334. The van der Waals surface area contributed by atoms with Crippen molar-refractivity contribution in [2.45, 2.75) is 64.5 Å². The second-order valence-electron chi connectivity index (χ2n) is 8.71. The first-order valence-corrected chi connectivity index (χ1v) is 10.4. The van der Waals surface area contributed by atoms with Crippen molar-refractivity contribution in [3.63, 3.8) is 0 Å². The van der Waals surface area contributed by atoms with Crippen molar-refractivity contribution in [3.8, 4) is 0 Å². The van der Waals surface area contributed by atoms with Crippen LogP contribution in [-0.4, -0.2) is 35.3 Å². The molecule has 28 heavy (non-hydrogen) atoms. The molecule has 1 aromatic rings. The number of piperidine rings is 1. The summed E-state index contributed by atoms with van der Waals surface area (Å²) in [6.45, 7) is 5.23. The number of benzene rings is 1. The summed E-state index contributed by atoms with van der Waals surface area (Å²) in [6.07, 6.45) is 5.22. The fourth-order valence-corrected chi connectivity index (χ4v) is 4.43. The number of hydrogen-bond donors (Lipinski definition) is 2. The molecule has 0 bridgehead atoms. The summed E-state index contributed by atoms with van der Waals surface area (Å²) in [5.41, 5.74) is 7.31. The van der Waals surface area contributed by atoms with Gasteiger partial charge in [-0.3, -0.25) is 9.59 Å². The molecule has 0 radical (unpaired) electrons. The van der Waals surface area contributed by atoms with E-state index in [0.29, 0.717) is 38.0 Å². The van der Waals surface area contributed by atoms with Crippen LogP contribution < -0.4 is 11.1 Å². The maximum absolute atomic E-state index is 13.6. The van der Waals surface area contributed by atoms with Gasteiger partial charge in [-0.25, -0.2) is 4.39 Å². The third-order valence-electron chi connectivity index (χ3n) is 6.43. The lowest BCUT2D eigenvalue weighted by Gasteiger charge is -2.41. The highest BCUT2D eigenvalue weighted by atomic mass is 19.1. The van der Waals surface area contributed by atoms with E-state index in [1.807, 2.05) is 17.9 Å². The van der Waals surface area contributed by atoms with Crippen LogP contribution in [0.25, 0.3) is 0 Å². The Morgan fingerprint density at radius 3 is 2.61 bits per heavy atom. The molecule has 1 aromatic carbocycles.